The molecule has 0 aliphatic carbocycles. The molecule has 0 heterocycles. The van der Waals surface area contributed by atoms with E-state index in [1.165, 1.54) is 24.3 Å². The second-order valence-corrected chi connectivity index (χ2v) is 10.7. The minimum Gasteiger partial charge on any atom is -0.508 e. The molecule has 4 atom stereocenters. The molecule has 1 rings (SSSR count). The van der Waals surface area contributed by atoms with Crippen LogP contribution in [0.5, 0.6) is 5.75 Å². The Bertz CT molecular complexity index is 1300. The number of hydrogen-bond acceptors (Lipinski definition) is 10. The van der Waals surface area contributed by atoms with Gasteiger partial charge in [0.1, 0.15) is 23.9 Å². The van der Waals surface area contributed by atoms with Crippen molar-refractivity contribution in [2.24, 2.45) is 17.4 Å². The number of nitrogens with one attached hydrogen (secondary N) is 3. The van der Waals surface area contributed by atoms with Crippen molar-refractivity contribution in [3.63, 3.8) is 0 Å². The summed E-state index contributed by atoms with van der Waals surface area (Å²) in [6.07, 6.45) is -9.66. The molecule has 0 unspecified atom stereocenters. The molecule has 1 aromatic rings. The first-order valence-electron chi connectivity index (χ1n) is 14.4. The third-order valence-corrected chi connectivity index (χ3v) is 6.03. The molecular weight excluding hydrogens is 712 g/mol. The lowest BCUT2D eigenvalue weighted by Gasteiger charge is -2.27. The van der Waals surface area contributed by atoms with Crippen LogP contribution in [0.3, 0.4) is 0 Å². The highest BCUT2D eigenvalue weighted by atomic mass is 19.4. The van der Waals surface area contributed by atoms with Gasteiger partial charge in [0, 0.05) is 6.42 Å². The number of phenolic OH excluding ortho intramolecular Hbond substituents is 1. The number of unbranched alkanes of at least 4 members (excludes halogenated alkanes) is 1. The molecule has 17 nitrogen and oxygen atoms in total. The van der Waals surface area contributed by atoms with Gasteiger partial charge < -0.3 is 53.0 Å². The minimum absolute atomic E-state index is 0.0121. The number of carbonyl (C=O) groups excluding carboxylic acids is 3. The van der Waals surface area contributed by atoms with Crippen molar-refractivity contribution in [3.05, 3.63) is 29.8 Å². The number of carboxylic acid groups (broad SMARTS) is 4. The number of nitrogens with two attached hydrogens (primary N) is 2. The Hall–Kier alpha value is -5.19. The van der Waals surface area contributed by atoms with E-state index < -0.39 is 90.5 Å². The van der Waals surface area contributed by atoms with Gasteiger partial charge in [0.2, 0.25) is 17.7 Å². The van der Waals surface area contributed by atoms with Crippen LogP contribution in [-0.2, 0) is 40.0 Å². The van der Waals surface area contributed by atoms with E-state index in [9.17, 15) is 60.5 Å². The predicted octanol–water partition coefficient (Wildman–Crippen LogP) is 0.327. The number of hydrogen-bond donors (Lipinski definition) is 10. The summed E-state index contributed by atoms with van der Waals surface area (Å²) < 4.78 is 63.5. The lowest BCUT2D eigenvalue weighted by Crippen LogP contribution is -2.58. The zero-order valence-corrected chi connectivity index (χ0v) is 27.0. The van der Waals surface area contributed by atoms with E-state index in [-0.39, 0.29) is 18.6 Å². The number of amides is 3. The molecule has 0 saturated heterocycles. The molecule has 0 fully saturated rings. The first-order chi connectivity index (χ1) is 23.2. The molecule has 0 aliphatic rings. The Morgan fingerprint density at radius 1 is 0.725 bits per heavy atom. The number of aromatic hydroxyl groups is 1. The van der Waals surface area contributed by atoms with Gasteiger partial charge in [0.25, 0.3) is 0 Å². The summed E-state index contributed by atoms with van der Waals surface area (Å²) in [4.78, 5) is 78.8. The number of benzene rings is 1. The van der Waals surface area contributed by atoms with E-state index in [1.807, 2.05) is 0 Å². The molecule has 0 bridgehead atoms. The smallest absolute Gasteiger partial charge is 0.490 e. The van der Waals surface area contributed by atoms with Gasteiger partial charge in [-0.2, -0.15) is 26.3 Å². The molecule has 1 aromatic carbocycles. The highest BCUT2D eigenvalue weighted by molar-refractivity contribution is 5.94. The van der Waals surface area contributed by atoms with Crippen molar-refractivity contribution < 1.29 is 85.4 Å². The van der Waals surface area contributed by atoms with E-state index in [2.05, 4.69) is 16.0 Å². The average molecular weight is 752 g/mol. The van der Waals surface area contributed by atoms with Crippen molar-refractivity contribution in [2.45, 2.75) is 82.5 Å². The van der Waals surface area contributed by atoms with Crippen LogP contribution >= 0.6 is 0 Å². The third kappa shape index (κ3) is 21.5. The Kier molecular flexibility index (Phi) is 21.2. The van der Waals surface area contributed by atoms with Crippen LogP contribution in [0.15, 0.2) is 24.3 Å². The summed E-state index contributed by atoms with van der Waals surface area (Å²) in [6.45, 7) is 3.65. The predicted molar refractivity (Wildman–Crippen MR) is 161 cm³/mol. The highest BCUT2D eigenvalue weighted by Gasteiger charge is 2.39. The maximum atomic E-state index is 13.0. The Labute approximate surface area is 285 Å². The molecule has 0 aromatic heterocycles. The first kappa shape index (κ1) is 47.9. The van der Waals surface area contributed by atoms with Gasteiger partial charge in [-0.3, -0.25) is 19.2 Å². The van der Waals surface area contributed by atoms with Crippen LogP contribution in [0.4, 0.5) is 26.3 Å². The lowest BCUT2D eigenvalue weighted by atomic mass is 10.0. The molecule has 290 valence electrons. The van der Waals surface area contributed by atoms with Crippen LogP contribution in [0.2, 0.25) is 0 Å². The number of carboxylic acids is 4. The number of aliphatic carboxylic acids is 4. The lowest BCUT2D eigenvalue weighted by molar-refractivity contribution is -0.193. The summed E-state index contributed by atoms with van der Waals surface area (Å²) in [5.74, 6) is -10.8. The van der Waals surface area contributed by atoms with Crippen LogP contribution in [0.25, 0.3) is 0 Å². The van der Waals surface area contributed by atoms with E-state index in [1.54, 1.807) is 13.8 Å². The number of alkyl halides is 6. The van der Waals surface area contributed by atoms with Crippen molar-refractivity contribution in [1.82, 2.24) is 16.0 Å². The van der Waals surface area contributed by atoms with E-state index >= 15 is 0 Å². The molecule has 0 saturated carbocycles. The van der Waals surface area contributed by atoms with Gasteiger partial charge >= 0.3 is 36.2 Å². The third-order valence-electron chi connectivity index (χ3n) is 6.03. The van der Waals surface area contributed by atoms with Crippen molar-refractivity contribution in [2.75, 3.05) is 6.54 Å². The molecule has 51 heavy (non-hydrogen) atoms. The second kappa shape index (κ2) is 22.5. The van der Waals surface area contributed by atoms with Gasteiger partial charge in [-0.05, 0) is 49.4 Å². The number of carbonyl (C=O) groups is 7. The van der Waals surface area contributed by atoms with Crippen LogP contribution in [-0.4, -0.2) is 110 Å². The Morgan fingerprint density at radius 2 is 1.18 bits per heavy atom. The molecule has 3 amide bonds. The molecule has 0 radical (unpaired) electrons. The number of phenols is 1. The maximum Gasteiger partial charge on any atom is 0.490 e. The zero-order chi connectivity index (χ0) is 40.3. The second-order valence-electron chi connectivity index (χ2n) is 10.7. The van der Waals surface area contributed by atoms with Crippen molar-refractivity contribution in [1.29, 1.82) is 0 Å². The van der Waals surface area contributed by atoms with E-state index in [0.717, 1.165) is 0 Å². The highest BCUT2D eigenvalue weighted by Crippen LogP contribution is 2.14. The van der Waals surface area contributed by atoms with Crippen LogP contribution in [0, 0.1) is 5.92 Å². The van der Waals surface area contributed by atoms with Crippen LogP contribution < -0.4 is 27.4 Å². The van der Waals surface area contributed by atoms with Gasteiger partial charge in [-0.1, -0.05) is 26.0 Å². The number of rotatable bonds is 16. The molecule has 0 spiro atoms. The largest absolute Gasteiger partial charge is 0.508 e. The quantitative estimate of drug-likeness (QED) is 0.0804. The maximum absolute atomic E-state index is 13.0. The molecule has 12 N–H and O–H groups in total. The van der Waals surface area contributed by atoms with Gasteiger partial charge in [0.05, 0.1) is 12.5 Å². The fraction of sp³-hybridized carbons (Fsp3) is 0.536. The summed E-state index contributed by atoms with van der Waals surface area (Å²) >= 11 is 0. The zero-order valence-electron chi connectivity index (χ0n) is 27.0. The summed E-state index contributed by atoms with van der Waals surface area (Å²) in [5, 5.41) is 49.6. The average Bonchev–Trinajstić information content (AvgIpc) is 2.98. The molecule has 0 aliphatic heterocycles. The molecular formula is C28H39F6N5O12. The fourth-order valence-corrected chi connectivity index (χ4v) is 3.44. The normalized spacial score (nSPS) is 13.4. The molecule has 23 heteroatoms. The van der Waals surface area contributed by atoms with E-state index in [4.69, 9.17) is 36.4 Å². The summed E-state index contributed by atoms with van der Waals surface area (Å²) in [6, 6.07) is 0.942. The van der Waals surface area contributed by atoms with Gasteiger partial charge in [0.15, 0.2) is 0 Å². The van der Waals surface area contributed by atoms with Crippen molar-refractivity contribution in [3.8, 4) is 5.75 Å². The SMILES string of the molecule is CC(C)[C@H](NC(=O)[C@@H](N)CC(=O)O)C(=O)N[C@@H](CCCCN)C(=O)N[C@@H](Cc1ccc(O)cc1)C(=O)O.O=C(O)C(F)(F)F.O=C(O)C(F)(F)F. The summed E-state index contributed by atoms with van der Waals surface area (Å²) in [7, 11) is 0. The standard InChI is InChI=1S/C24H37N5O8.2C2HF3O2/c1-13(2)20(29-21(33)16(26)12-19(31)32)23(35)27-17(5-3-4-10-25)22(34)28-18(24(36)37)11-14-6-8-15(30)9-7-14;2*3-2(4,5)1(6)7/h6-9,13,16-18,20,30H,3-5,10-12,25-26H2,1-2H3,(H,27,35)(H,28,34)(H,29,33)(H,31,32)(H,36,37);2*(H,6,7)/t16-,17-,18-,20-;;/m0../s1. The monoisotopic (exact) mass is 751 g/mol. The topological polar surface area (TPSA) is 309 Å². The van der Waals surface area contributed by atoms with Crippen molar-refractivity contribution >= 4 is 41.6 Å². The Balaban J connectivity index is 0. The van der Waals surface area contributed by atoms with Crippen LogP contribution in [0.1, 0.15) is 45.1 Å². The number of halogens is 6. The first-order valence-corrected chi connectivity index (χ1v) is 14.4. The van der Waals surface area contributed by atoms with Gasteiger partial charge in [-0.25, -0.2) is 14.4 Å². The minimum atomic E-state index is -5.08. The Morgan fingerprint density at radius 3 is 1.55 bits per heavy atom. The van der Waals surface area contributed by atoms with E-state index in [0.29, 0.717) is 24.9 Å². The fourth-order valence-electron chi connectivity index (χ4n) is 3.44. The summed E-state index contributed by atoms with van der Waals surface area (Å²) in [5.41, 5.74) is 11.7. The van der Waals surface area contributed by atoms with Gasteiger partial charge in [-0.15, -0.1) is 0 Å².